The Labute approximate surface area is 172 Å². The number of carbonyl (C=O) groups excluding carboxylic acids is 1. The molecule has 0 aromatic rings. The van der Waals surface area contributed by atoms with Crippen molar-refractivity contribution in [3.63, 3.8) is 0 Å². The van der Waals surface area contributed by atoms with Crippen LogP contribution in [0.1, 0.15) is 65.2 Å². The molecule has 6 heteroatoms. The molecule has 4 N–H and O–H groups in total. The second-order valence-electron chi connectivity index (χ2n) is 11.0. The van der Waals surface area contributed by atoms with E-state index in [1.807, 2.05) is 0 Å². The molecule has 5 aliphatic rings. The van der Waals surface area contributed by atoms with Crippen LogP contribution in [0.2, 0.25) is 0 Å². The van der Waals surface area contributed by atoms with Crippen LogP contribution in [0.15, 0.2) is 11.6 Å². The quantitative estimate of drug-likeness (QED) is 0.494. The van der Waals surface area contributed by atoms with Gasteiger partial charge in [0.15, 0.2) is 0 Å². The van der Waals surface area contributed by atoms with E-state index in [0.717, 1.165) is 12.0 Å². The Morgan fingerprint density at radius 2 is 1.76 bits per heavy atom. The first-order valence-electron chi connectivity index (χ1n) is 11.2. The Morgan fingerprint density at radius 1 is 1.00 bits per heavy atom. The van der Waals surface area contributed by atoms with Crippen molar-refractivity contribution in [2.45, 2.75) is 88.6 Å². The monoisotopic (exact) mass is 406 g/mol. The number of aliphatic hydroxyl groups excluding tert-OH is 2. The molecule has 5 rings (SSSR count). The molecular weight excluding hydrogens is 372 g/mol. The lowest BCUT2D eigenvalue weighted by Gasteiger charge is -2.67. The normalized spacial score (nSPS) is 56.8. The maximum atomic E-state index is 12.1. The van der Waals surface area contributed by atoms with E-state index < -0.39 is 34.2 Å². The zero-order chi connectivity index (χ0) is 20.8. The largest absolute Gasteiger partial charge is 0.458 e. The van der Waals surface area contributed by atoms with E-state index in [4.69, 9.17) is 4.74 Å². The van der Waals surface area contributed by atoms with Gasteiger partial charge in [-0.1, -0.05) is 13.8 Å². The first kappa shape index (κ1) is 20.0. The molecule has 1 aliphatic heterocycles. The van der Waals surface area contributed by atoms with Crippen LogP contribution in [-0.2, 0) is 9.53 Å². The fourth-order valence-corrected chi connectivity index (χ4v) is 8.48. The maximum Gasteiger partial charge on any atom is 0.331 e. The number of fused-ring (bicyclic) bond motifs is 5. The zero-order valence-electron chi connectivity index (χ0n) is 17.4. The molecule has 1 heterocycles. The molecule has 0 aromatic heterocycles. The number of carbonyl (C=O) groups is 1. The van der Waals surface area contributed by atoms with Crippen molar-refractivity contribution in [2.24, 2.45) is 28.6 Å². The molecule has 9 atom stereocenters. The topological polar surface area (TPSA) is 107 Å². The lowest BCUT2D eigenvalue weighted by Crippen LogP contribution is -2.70. The molecule has 4 saturated carbocycles. The van der Waals surface area contributed by atoms with Crippen molar-refractivity contribution in [1.29, 1.82) is 0 Å². The second kappa shape index (κ2) is 6.06. The zero-order valence-corrected chi connectivity index (χ0v) is 17.4. The fraction of sp³-hybridized carbons (Fsp3) is 0.870. The molecule has 0 aromatic carbocycles. The van der Waals surface area contributed by atoms with Gasteiger partial charge in [0.05, 0.1) is 23.4 Å². The molecule has 0 unspecified atom stereocenters. The van der Waals surface area contributed by atoms with Gasteiger partial charge < -0.3 is 25.2 Å². The van der Waals surface area contributed by atoms with Crippen LogP contribution in [0.4, 0.5) is 0 Å². The van der Waals surface area contributed by atoms with Gasteiger partial charge in [-0.3, -0.25) is 0 Å². The van der Waals surface area contributed by atoms with Crippen LogP contribution in [0.5, 0.6) is 0 Å². The predicted molar refractivity (Wildman–Crippen MR) is 105 cm³/mol. The number of cyclic esters (lactones) is 1. The third-order valence-corrected chi connectivity index (χ3v) is 10.0. The minimum absolute atomic E-state index is 0.0244. The molecule has 0 radical (unpaired) electrons. The first-order chi connectivity index (χ1) is 13.5. The molecule has 0 amide bonds. The minimum atomic E-state index is -0.997. The van der Waals surface area contributed by atoms with Gasteiger partial charge in [0, 0.05) is 23.3 Å². The van der Waals surface area contributed by atoms with Crippen LogP contribution in [0.3, 0.4) is 0 Å². The summed E-state index contributed by atoms with van der Waals surface area (Å²) in [5.41, 5.74) is -2.03. The molecular formula is C23H34O6. The lowest BCUT2D eigenvalue weighted by molar-refractivity contribution is -0.280. The molecule has 6 nitrogen and oxygen atoms in total. The van der Waals surface area contributed by atoms with Gasteiger partial charge in [0.25, 0.3) is 0 Å². The van der Waals surface area contributed by atoms with Gasteiger partial charge in [-0.2, -0.15) is 0 Å². The molecule has 4 aliphatic carbocycles. The number of ether oxygens (including phenoxy) is 1. The summed E-state index contributed by atoms with van der Waals surface area (Å²) in [7, 11) is 0. The number of hydrogen-bond acceptors (Lipinski definition) is 6. The Kier molecular flexibility index (Phi) is 4.17. The molecule has 4 fully saturated rings. The van der Waals surface area contributed by atoms with Crippen LogP contribution >= 0.6 is 0 Å². The van der Waals surface area contributed by atoms with E-state index >= 15 is 0 Å². The summed E-state index contributed by atoms with van der Waals surface area (Å²) in [5.74, 6) is -0.581. The predicted octanol–water partition coefficient (Wildman–Crippen LogP) is 1.69. The van der Waals surface area contributed by atoms with Crippen molar-refractivity contribution >= 4 is 5.97 Å². The summed E-state index contributed by atoms with van der Waals surface area (Å²) in [4.78, 5) is 11.6. The van der Waals surface area contributed by atoms with E-state index in [1.54, 1.807) is 6.08 Å². The average Bonchev–Trinajstić information content (AvgIpc) is 3.17. The molecule has 29 heavy (non-hydrogen) atoms. The van der Waals surface area contributed by atoms with Gasteiger partial charge >= 0.3 is 5.97 Å². The van der Waals surface area contributed by atoms with E-state index in [9.17, 15) is 25.2 Å². The van der Waals surface area contributed by atoms with E-state index in [-0.39, 0.29) is 30.3 Å². The molecule has 162 valence electrons. The standard InChI is InChI=1S/C23H34O6/c1-20-6-3-14(24)10-22(20,27)7-4-16-19(20)17(25)11-21(2)15(5-8-23(16,21)28)13-9-18(26)29-12-13/h9,14-17,19,24-25,27-28H,3-8,10-12H2,1-2H3/t14-,15-,16+,17+,19-,20+,21+,22-,23-/m0/s1. The smallest absolute Gasteiger partial charge is 0.331 e. The Morgan fingerprint density at radius 3 is 2.45 bits per heavy atom. The van der Waals surface area contributed by atoms with E-state index in [0.29, 0.717) is 44.9 Å². The van der Waals surface area contributed by atoms with Gasteiger partial charge in [-0.15, -0.1) is 0 Å². The highest BCUT2D eigenvalue weighted by molar-refractivity contribution is 5.85. The summed E-state index contributed by atoms with van der Waals surface area (Å²) in [5, 5.41) is 45.2. The van der Waals surface area contributed by atoms with Crippen molar-refractivity contribution in [3.05, 3.63) is 11.6 Å². The van der Waals surface area contributed by atoms with Crippen LogP contribution in [0, 0.1) is 28.6 Å². The third kappa shape index (κ3) is 2.40. The SMILES string of the molecule is C[C@]12CC[C@H](O)C[C@@]1(O)CC[C@@H]1[C@H]2[C@H](O)C[C@]2(C)[C@H](C3=CC(=O)OC3)CC[C@]12O. The van der Waals surface area contributed by atoms with Crippen molar-refractivity contribution < 1.29 is 30.0 Å². The van der Waals surface area contributed by atoms with Gasteiger partial charge in [-0.05, 0) is 68.3 Å². The van der Waals surface area contributed by atoms with Crippen molar-refractivity contribution in [2.75, 3.05) is 6.61 Å². The third-order valence-electron chi connectivity index (χ3n) is 10.0. The highest BCUT2D eigenvalue weighted by Gasteiger charge is 2.72. The fourth-order valence-electron chi connectivity index (χ4n) is 8.48. The van der Waals surface area contributed by atoms with Gasteiger partial charge in [0.1, 0.15) is 6.61 Å². The van der Waals surface area contributed by atoms with Crippen LogP contribution < -0.4 is 0 Å². The Hall–Kier alpha value is -0.950. The second-order valence-corrected chi connectivity index (χ2v) is 11.0. The van der Waals surface area contributed by atoms with E-state index in [2.05, 4.69) is 13.8 Å². The van der Waals surface area contributed by atoms with Crippen molar-refractivity contribution in [1.82, 2.24) is 0 Å². The maximum absolute atomic E-state index is 12.1. The molecule has 0 saturated heterocycles. The number of rotatable bonds is 1. The summed E-state index contributed by atoms with van der Waals surface area (Å²) in [6.07, 6.45) is 5.15. The summed E-state index contributed by atoms with van der Waals surface area (Å²) < 4.78 is 5.15. The highest BCUT2D eigenvalue weighted by Crippen LogP contribution is 2.70. The number of esters is 1. The average molecular weight is 407 g/mol. The van der Waals surface area contributed by atoms with Crippen molar-refractivity contribution in [3.8, 4) is 0 Å². The lowest BCUT2D eigenvalue weighted by atomic mass is 9.41. The highest BCUT2D eigenvalue weighted by atomic mass is 16.5. The Balaban J connectivity index is 1.53. The summed E-state index contributed by atoms with van der Waals surface area (Å²) >= 11 is 0. The van der Waals surface area contributed by atoms with Crippen LogP contribution in [0.25, 0.3) is 0 Å². The van der Waals surface area contributed by atoms with Gasteiger partial charge in [-0.25, -0.2) is 4.79 Å². The summed E-state index contributed by atoms with van der Waals surface area (Å²) in [6, 6.07) is 0. The number of aliphatic hydroxyl groups is 4. The van der Waals surface area contributed by atoms with Gasteiger partial charge in [0.2, 0.25) is 0 Å². The van der Waals surface area contributed by atoms with Crippen LogP contribution in [-0.4, -0.2) is 56.4 Å². The van der Waals surface area contributed by atoms with E-state index in [1.165, 1.54) is 0 Å². The Bertz CT molecular complexity index is 764. The summed E-state index contributed by atoms with van der Waals surface area (Å²) in [6.45, 7) is 4.42. The molecule has 0 spiro atoms. The number of hydrogen-bond donors (Lipinski definition) is 4. The first-order valence-corrected chi connectivity index (χ1v) is 11.2. The minimum Gasteiger partial charge on any atom is -0.458 e. The molecule has 0 bridgehead atoms.